The van der Waals surface area contributed by atoms with Crippen molar-refractivity contribution < 1.29 is 27.4 Å². The van der Waals surface area contributed by atoms with Crippen molar-refractivity contribution in [1.29, 1.82) is 0 Å². The van der Waals surface area contributed by atoms with E-state index in [1.165, 1.54) is 0 Å². The van der Waals surface area contributed by atoms with E-state index in [1.807, 2.05) is 0 Å². The molecule has 2 aromatic rings. The minimum absolute atomic E-state index is 0.114. The number of hydrogen-bond acceptors (Lipinski definition) is 6. The first kappa shape index (κ1) is 24.9. The summed E-state index contributed by atoms with van der Waals surface area (Å²) in [5.74, 6) is 1.59. The third-order valence-electron chi connectivity index (χ3n) is 5.78. The number of carbonyl (C=O) groups excluding carboxylic acids is 1. The molecule has 1 saturated heterocycles. The summed E-state index contributed by atoms with van der Waals surface area (Å²) in [5, 5.41) is 2.89. The third kappa shape index (κ3) is 6.17. The quantitative estimate of drug-likeness (QED) is 0.566. The number of carbonyl (C=O) groups is 1. The summed E-state index contributed by atoms with van der Waals surface area (Å²) in [7, 11) is 1.21. The van der Waals surface area contributed by atoms with E-state index >= 15 is 0 Å². The number of amides is 1. The fraction of sp³-hybridized carbons (Fsp3) is 0.458. The van der Waals surface area contributed by atoms with Crippen LogP contribution in [0.15, 0.2) is 41.3 Å². The Morgan fingerprint density at radius 3 is 2.12 bits per heavy atom. The largest absolute Gasteiger partial charge is 0.496 e. The zero-order valence-electron chi connectivity index (χ0n) is 19.4. The fourth-order valence-electron chi connectivity index (χ4n) is 3.85. The number of nitrogens with one attached hydrogen (secondary N) is 1. The molecular formula is C24H32N2O6S. The lowest BCUT2D eigenvalue weighted by molar-refractivity contribution is -0.121. The van der Waals surface area contributed by atoms with Crippen LogP contribution in [0.4, 0.5) is 0 Å². The van der Waals surface area contributed by atoms with Gasteiger partial charge in [0.05, 0.1) is 26.2 Å². The number of aryl methyl sites for hydroxylation is 1. The molecule has 0 aromatic heterocycles. The van der Waals surface area contributed by atoms with Gasteiger partial charge in [-0.25, -0.2) is 8.42 Å². The summed E-state index contributed by atoms with van der Waals surface area (Å²) in [4.78, 5) is 12.7. The Hall–Kier alpha value is -2.78. The van der Waals surface area contributed by atoms with Crippen LogP contribution in [0.1, 0.15) is 36.8 Å². The number of methoxy groups -OCH3 is 3. The molecule has 0 unspecified atom stereocenters. The second kappa shape index (κ2) is 11.4. The maximum absolute atomic E-state index is 12.8. The van der Waals surface area contributed by atoms with Crippen LogP contribution >= 0.6 is 0 Å². The first-order valence-electron chi connectivity index (χ1n) is 11.0. The molecule has 0 radical (unpaired) electrons. The van der Waals surface area contributed by atoms with Crippen LogP contribution in [0.2, 0.25) is 0 Å². The normalized spacial score (nSPS) is 14.5. The highest BCUT2D eigenvalue weighted by atomic mass is 32.2. The van der Waals surface area contributed by atoms with E-state index < -0.39 is 10.0 Å². The zero-order chi connectivity index (χ0) is 23.8. The number of nitrogens with zero attached hydrogens (tertiary/aromatic N) is 1. The highest BCUT2D eigenvalue weighted by Crippen LogP contribution is 2.34. The summed E-state index contributed by atoms with van der Waals surface area (Å²) >= 11 is 0. The molecule has 1 amide bonds. The molecule has 0 saturated carbocycles. The molecule has 3 rings (SSSR count). The summed E-state index contributed by atoms with van der Waals surface area (Å²) in [6.07, 6.45) is 3.68. The second-order valence-electron chi connectivity index (χ2n) is 7.90. The number of ether oxygens (including phenoxy) is 3. The van der Waals surface area contributed by atoms with Gasteiger partial charge in [0.2, 0.25) is 15.9 Å². The van der Waals surface area contributed by atoms with Gasteiger partial charge in [0.25, 0.3) is 0 Å². The molecule has 1 aliphatic rings. The van der Waals surface area contributed by atoms with Gasteiger partial charge >= 0.3 is 0 Å². The van der Waals surface area contributed by atoms with Crippen LogP contribution in [0.5, 0.6) is 17.2 Å². The molecule has 0 atom stereocenters. The first-order chi connectivity index (χ1) is 15.9. The monoisotopic (exact) mass is 476 g/mol. The second-order valence-corrected chi connectivity index (χ2v) is 9.84. The van der Waals surface area contributed by atoms with Gasteiger partial charge in [-0.05, 0) is 43.0 Å². The molecule has 180 valence electrons. The summed E-state index contributed by atoms with van der Waals surface area (Å²) < 4.78 is 43.1. The van der Waals surface area contributed by atoms with Crippen molar-refractivity contribution in [2.24, 2.45) is 0 Å². The van der Waals surface area contributed by atoms with Crippen molar-refractivity contribution >= 4 is 15.9 Å². The predicted molar refractivity (Wildman–Crippen MR) is 125 cm³/mol. The highest BCUT2D eigenvalue weighted by molar-refractivity contribution is 7.89. The number of rotatable bonds is 10. The van der Waals surface area contributed by atoms with Crippen molar-refractivity contribution in [3.63, 3.8) is 0 Å². The van der Waals surface area contributed by atoms with Gasteiger partial charge < -0.3 is 19.5 Å². The Balaban J connectivity index is 1.55. The predicted octanol–water partition coefficient (Wildman–Crippen LogP) is 3.14. The van der Waals surface area contributed by atoms with Crippen LogP contribution < -0.4 is 19.5 Å². The Bertz CT molecular complexity index is 1050. The number of piperidine rings is 1. The molecule has 2 aromatic carbocycles. The average molecular weight is 477 g/mol. The van der Waals surface area contributed by atoms with E-state index in [4.69, 9.17) is 14.2 Å². The topological polar surface area (TPSA) is 94.2 Å². The van der Waals surface area contributed by atoms with Crippen molar-refractivity contribution in [3.8, 4) is 17.2 Å². The Morgan fingerprint density at radius 2 is 1.52 bits per heavy atom. The molecule has 33 heavy (non-hydrogen) atoms. The highest BCUT2D eigenvalue weighted by Gasteiger charge is 2.25. The van der Waals surface area contributed by atoms with Gasteiger partial charge in [-0.15, -0.1) is 0 Å². The summed E-state index contributed by atoms with van der Waals surface area (Å²) in [6.45, 7) is 1.44. The van der Waals surface area contributed by atoms with E-state index in [1.54, 1.807) is 62.0 Å². The van der Waals surface area contributed by atoms with E-state index in [2.05, 4.69) is 5.32 Å². The molecule has 1 heterocycles. The fourth-order valence-corrected chi connectivity index (χ4v) is 5.37. The lowest BCUT2D eigenvalue weighted by Crippen LogP contribution is -2.35. The van der Waals surface area contributed by atoms with Gasteiger partial charge in [0, 0.05) is 37.7 Å². The Kier molecular flexibility index (Phi) is 8.57. The Labute approximate surface area is 195 Å². The van der Waals surface area contributed by atoms with Crippen molar-refractivity contribution in [3.05, 3.63) is 47.5 Å². The molecular weight excluding hydrogens is 444 g/mol. The molecule has 1 aliphatic heterocycles. The maximum atomic E-state index is 12.8. The van der Waals surface area contributed by atoms with Crippen LogP contribution in [0.3, 0.4) is 0 Å². The number of hydrogen-bond donors (Lipinski definition) is 1. The third-order valence-corrected chi connectivity index (χ3v) is 7.69. The van der Waals surface area contributed by atoms with Crippen molar-refractivity contribution in [1.82, 2.24) is 9.62 Å². The smallest absolute Gasteiger partial charge is 0.243 e. The molecule has 0 aliphatic carbocycles. The van der Waals surface area contributed by atoms with Crippen molar-refractivity contribution in [2.75, 3.05) is 34.4 Å². The SMILES string of the molecule is COc1cc(OC)c(OC)cc1CNC(=O)CCc1ccc(S(=O)(=O)N2CCCCC2)cc1. The van der Waals surface area contributed by atoms with Gasteiger partial charge in [-0.3, -0.25) is 4.79 Å². The standard InChI is InChI=1S/C24H32N2O6S/c1-30-21-16-23(32-3)22(31-2)15-19(21)17-25-24(27)12-9-18-7-10-20(11-8-18)33(28,29)26-13-5-4-6-14-26/h7-8,10-11,15-16H,4-6,9,12-14,17H2,1-3H3,(H,25,27). The van der Waals surface area contributed by atoms with E-state index in [9.17, 15) is 13.2 Å². The van der Waals surface area contributed by atoms with Crippen LogP contribution in [-0.2, 0) is 27.8 Å². The minimum Gasteiger partial charge on any atom is -0.496 e. The Morgan fingerprint density at radius 1 is 0.909 bits per heavy atom. The molecule has 8 nitrogen and oxygen atoms in total. The zero-order valence-corrected chi connectivity index (χ0v) is 20.2. The average Bonchev–Trinajstić information content (AvgIpc) is 2.86. The molecule has 9 heteroatoms. The van der Waals surface area contributed by atoms with Gasteiger partial charge in [-0.1, -0.05) is 18.6 Å². The van der Waals surface area contributed by atoms with Crippen molar-refractivity contribution in [2.45, 2.75) is 43.5 Å². The number of benzene rings is 2. The van der Waals surface area contributed by atoms with E-state index in [0.717, 1.165) is 30.4 Å². The molecule has 0 spiro atoms. The maximum Gasteiger partial charge on any atom is 0.243 e. The lowest BCUT2D eigenvalue weighted by atomic mass is 10.1. The van der Waals surface area contributed by atoms with E-state index in [-0.39, 0.29) is 18.9 Å². The van der Waals surface area contributed by atoms with Crippen LogP contribution in [0, 0.1) is 0 Å². The molecule has 0 bridgehead atoms. The van der Waals surface area contributed by atoms with Crippen LogP contribution in [0.25, 0.3) is 0 Å². The minimum atomic E-state index is -3.44. The lowest BCUT2D eigenvalue weighted by Gasteiger charge is -2.25. The number of sulfonamides is 1. The first-order valence-corrected chi connectivity index (χ1v) is 12.5. The van der Waals surface area contributed by atoms with Gasteiger partial charge in [0.1, 0.15) is 5.75 Å². The summed E-state index contributed by atoms with van der Waals surface area (Å²) in [6, 6.07) is 10.3. The van der Waals surface area contributed by atoms with E-state index in [0.29, 0.717) is 41.7 Å². The van der Waals surface area contributed by atoms with Crippen LogP contribution in [-0.4, -0.2) is 53.0 Å². The summed E-state index contributed by atoms with van der Waals surface area (Å²) in [5.41, 5.74) is 1.68. The van der Waals surface area contributed by atoms with Gasteiger partial charge in [-0.2, -0.15) is 4.31 Å². The molecule has 1 fully saturated rings. The van der Waals surface area contributed by atoms with Gasteiger partial charge in [0.15, 0.2) is 11.5 Å². The molecule has 1 N–H and O–H groups in total.